The Morgan fingerprint density at radius 2 is 1.86 bits per heavy atom. The van der Waals surface area contributed by atoms with E-state index in [0.717, 1.165) is 23.7 Å². The highest BCUT2D eigenvalue weighted by atomic mass is 35.5. The summed E-state index contributed by atoms with van der Waals surface area (Å²) in [6.07, 6.45) is 1.10. The molecule has 3 aromatic rings. The summed E-state index contributed by atoms with van der Waals surface area (Å²) >= 11 is 11.4. The molecule has 1 fully saturated rings. The number of hydrogen-bond donors (Lipinski definition) is 3. The molecule has 1 aliphatic carbocycles. The Bertz CT molecular complexity index is 1010. The molecule has 1 aliphatic rings. The van der Waals surface area contributed by atoms with Gasteiger partial charge >= 0.3 is 0 Å². The second-order valence-electron chi connectivity index (χ2n) is 8.29. The molecule has 0 unspecified atom stereocenters. The lowest BCUT2D eigenvalue weighted by molar-refractivity contribution is 0.528. The molecule has 28 heavy (non-hydrogen) atoms. The highest BCUT2D eigenvalue weighted by Gasteiger charge is 2.58. The highest BCUT2D eigenvalue weighted by molar-refractivity contribution is 7.80. The van der Waals surface area contributed by atoms with E-state index < -0.39 is 0 Å². The fourth-order valence-electron chi connectivity index (χ4n) is 4.60. The summed E-state index contributed by atoms with van der Waals surface area (Å²) < 4.78 is 0. The number of H-pyrrole nitrogens is 1. The van der Waals surface area contributed by atoms with Crippen LogP contribution in [0.5, 0.6) is 0 Å². The van der Waals surface area contributed by atoms with Crippen LogP contribution in [-0.4, -0.2) is 16.6 Å². The Balaban J connectivity index is 1.37. The monoisotopic (exact) mass is 411 g/mol. The molecule has 0 aliphatic heterocycles. The Morgan fingerprint density at radius 1 is 1.14 bits per heavy atom. The third kappa shape index (κ3) is 3.63. The van der Waals surface area contributed by atoms with Crippen molar-refractivity contribution in [3.8, 4) is 0 Å². The van der Waals surface area contributed by atoms with Crippen LogP contribution in [-0.2, 0) is 0 Å². The van der Waals surface area contributed by atoms with Crippen LogP contribution in [0.3, 0.4) is 0 Å². The van der Waals surface area contributed by atoms with Gasteiger partial charge < -0.3 is 15.6 Å². The smallest absolute Gasteiger partial charge is 0.170 e. The van der Waals surface area contributed by atoms with Crippen molar-refractivity contribution in [2.45, 2.75) is 33.1 Å². The number of aromatic nitrogens is 1. The van der Waals surface area contributed by atoms with Crippen molar-refractivity contribution in [1.29, 1.82) is 0 Å². The van der Waals surface area contributed by atoms with E-state index in [1.165, 1.54) is 22.2 Å². The average molecular weight is 412 g/mol. The van der Waals surface area contributed by atoms with Crippen LogP contribution in [0.4, 0.5) is 5.69 Å². The first-order valence-corrected chi connectivity index (χ1v) is 10.5. The number of anilines is 1. The number of thiocarbonyl (C=S) groups is 1. The minimum Gasteiger partial charge on any atom is -0.362 e. The van der Waals surface area contributed by atoms with E-state index in [2.05, 4.69) is 60.7 Å². The molecular weight excluding hydrogens is 386 g/mol. The van der Waals surface area contributed by atoms with E-state index in [9.17, 15) is 0 Å². The van der Waals surface area contributed by atoms with Crippen molar-refractivity contribution in [2.24, 2.45) is 11.3 Å². The molecule has 0 bridgehead atoms. The first kappa shape index (κ1) is 19.3. The molecule has 0 saturated heterocycles. The van der Waals surface area contributed by atoms with Crippen LogP contribution in [0.1, 0.15) is 37.4 Å². The number of benzene rings is 2. The van der Waals surface area contributed by atoms with Gasteiger partial charge in [0.2, 0.25) is 0 Å². The molecular formula is C23H26ClN3S. The van der Waals surface area contributed by atoms with Crippen LogP contribution in [0, 0.1) is 18.3 Å². The predicted molar refractivity (Wildman–Crippen MR) is 123 cm³/mol. The zero-order valence-electron chi connectivity index (χ0n) is 16.5. The van der Waals surface area contributed by atoms with E-state index in [1.54, 1.807) is 0 Å². The second kappa shape index (κ2) is 7.41. The van der Waals surface area contributed by atoms with Gasteiger partial charge in [0, 0.05) is 33.9 Å². The Morgan fingerprint density at radius 3 is 2.61 bits per heavy atom. The molecule has 4 rings (SSSR count). The molecule has 1 saturated carbocycles. The van der Waals surface area contributed by atoms with Gasteiger partial charge in [0.25, 0.3) is 0 Å². The zero-order valence-corrected chi connectivity index (χ0v) is 18.0. The van der Waals surface area contributed by atoms with Crippen molar-refractivity contribution in [3.63, 3.8) is 0 Å². The fraction of sp³-hybridized carbons (Fsp3) is 0.348. The predicted octanol–water partition coefficient (Wildman–Crippen LogP) is 6.25. The number of para-hydroxylation sites is 1. The zero-order chi connectivity index (χ0) is 19.9. The minimum atomic E-state index is 0.308. The van der Waals surface area contributed by atoms with Crippen LogP contribution in [0.15, 0.2) is 48.5 Å². The summed E-state index contributed by atoms with van der Waals surface area (Å²) in [4.78, 5) is 3.56. The molecule has 2 atom stereocenters. The third-order valence-corrected chi connectivity index (χ3v) is 6.65. The maximum Gasteiger partial charge on any atom is 0.170 e. The normalized spacial score (nSPS) is 20.1. The average Bonchev–Trinajstić information content (AvgIpc) is 3.02. The first-order chi connectivity index (χ1) is 13.4. The van der Waals surface area contributed by atoms with E-state index in [-0.39, 0.29) is 0 Å². The number of fused-ring (bicyclic) bond motifs is 1. The van der Waals surface area contributed by atoms with Gasteiger partial charge in [-0.25, -0.2) is 0 Å². The third-order valence-electron chi connectivity index (χ3n) is 6.15. The van der Waals surface area contributed by atoms with Gasteiger partial charge in [0.15, 0.2) is 5.11 Å². The molecule has 2 aromatic carbocycles. The van der Waals surface area contributed by atoms with E-state index in [4.69, 9.17) is 23.8 Å². The van der Waals surface area contributed by atoms with Gasteiger partial charge in [-0.2, -0.15) is 0 Å². The Kier molecular flexibility index (Phi) is 5.11. The van der Waals surface area contributed by atoms with Gasteiger partial charge in [-0.1, -0.05) is 43.6 Å². The molecule has 0 amide bonds. The molecule has 146 valence electrons. The summed E-state index contributed by atoms with van der Waals surface area (Å²) in [5.74, 6) is 1.24. The number of nitrogens with one attached hydrogen (secondary N) is 3. The molecule has 0 spiro atoms. The molecule has 1 aromatic heterocycles. The second-order valence-corrected chi connectivity index (χ2v) is 9.14. The maximum absolute atomic E-state index is 5.93. The lowest BCUT2D eigenvalue weighted by Gasteiger charge is -2.11. The number of aromatic amines is 1. The van der Waals surface area contributed by atoms with Crippen LogP contribution in [0.25, 0.3) is 10.9 Å². The highest BCUT2D eigenvalue weighted by Crippen LogP contribution is 2.67. The van der Waals surface area contributed by atoms with E-state index in [1.807, 2.05) is 24.3 Å². The quantitative estimate of drug-likeness (QED) is 0.435. The minimum absolute atomic E-state index is 0.308. The number of halogens is 1. The Hall–Kier alpha value is -2.04. The summed E-state index contributed by atoms with van der Waals surface area (Å²) in [6, 6.07) is 16.2. The van der Waals surface area contributed by atoms with Crippen molar-refractivity contribution < 1.29 is 0 Å². The standard InChI is InChI=1S/C23H26ClN3S/c1-14-20(17-6-4-5-7-19(17)26-14)21-18(23(21,2)3)12-13-25-22(28)27-16-10-8-15(24)9-11-16/h4-11,18,21,26H,12-13H2,1-3H3,(H2,25,27,28)/t18-,21-/m0/s1. The van der Waals surface area contributed by atoms with Gasteiger partial charge in [0.05, 0.1) is 0 Å². The lowest BCUT2D eigenvalue weighted by Crippen LogP contribution is -2.29. The summed E-state index contributed by atoms with van der Waals surface area (Å²) in [5.41, 5.74) is 5.29. The van der Waals surface area contributed by atoms with Crippen molar-refractivity contribution in [2.75, 3.05) is 11.9 Å². The van der Waals surface area contributed by atoms with Crippen molar-refractivity contribution in [3.05, 3.63) is 64.8 Å². The van der Waals surface area contributed by atoms with Gasteiger partial charge in [-0.3, -0.25) is 0 Å². The fourth-order valence-corrected chi connectivity index (χ4v) is 4.95. The molecule has 5 heteroatoms. The van der Waals surface area contributed by atoms with Crippen LogP contribution < -0.4 is 10.6 Å². The maximum atomic E-state index is 5.93. The van der Waals surface area contributed by atoms with Gasteiger partial charge in [-0.15, -0.1) is 0 Å². The summed E-state index contributed by atoms with van der Waals surface area (Å²) in [6.45, 7) is 7.83. The van der Waals surface area contributed by atoms with Crippen molar-refractivity contribution in [1.82, 2.24) is 10.3 Å². The number of rotatable bonds is 5. The van der Waals surface area contributed by atoms with Crippen molar-refractivity contribution >= 4 is 45.5 Å². The van der Waals surface area contributed by atoms with Gasteiger partial charge in [-0.05, 0) is 78.7 Å². The van der Waals surface area contributed by atoms with Crippen LogP contribution >= 0.6 is 23.8 Å². The van der Waals surface area contributed by atoms with E-state index >= 15 is 0 Å². The summed E-state index contributed by atoms with van der Waals surface area (Å²) in [7, 11) is 0. The molecule has 3 nitrogen and oxygen atoms in total. The number of hydrogen-bond acceptors (Lipinski definition) is 1. The number of aryl methyl sites for hydroxylation is 1. The molecule has 0 radical (unpaired) electrons. The summed E-state index contributed by atoms with van der Waals surface area (Å²) in [5, 5.41) is 9.31. The largest absolute Gasteiger partial charge is 0.362 e. The molecule has 1 heterocycles. The Labute approximate surface area is 176 Å². The molecule has 3 N–H and O–H groups in total. The van der Waals surface area contributed by atoms with Gasteiger partial charge in [0.1, 0.15) is 0 Å². The van der Waals surface area contributed by atoms with Crippen LogP contribution in [0.2, 0.25) is 5.02 Å². The van der Waals surface area contributed by atoms with E-state index in [0.29, 0.717) is 22.4 Å². The lowest BCUT2D eigenvalue weighted by atomic mass is 10.0. The first-order valence-electron chi connectivity index (χ1n) is 9.75. The SMILES string of the molecule is Cc1[nH]c2ccccc2c1[C@@H]1[C@H](CCNC(=S)Nc2ccc(Cl)cc2)C1(C)C. The topological polar surface area (TPSA) is 39.9 Å².